The highest BCUT2D eigenvalue weighted by atomic mass is 16.6. The van der Waals surface area contributed by atoms with Gasteiger partial charge in [0.05, 0.1) is 6.42 Å². The van der Waals surface area contributed by atoms with Gasteiger partial charge in [0.15, 0.2) is 0 Å². The van der Waals surface area contributed by atoms with Crippen LogP contribution < -0.4 is 0 Å². The van der Waals surface area contributed by atoms with Gasteiger partial charge in [-0.25, -0.2) is 0 Å². The van der Waals surface area contributed by atoms with Crippen LogP contribution in [-0.4, -0.2) is 11.6 Å². The molecule has 1 atom stereocenters. The number of hydrogen-bond donors (Lipinski definition) is 0. The number of ether oxygens (including phenoxy) is 1. The minimum Gasteiger partial charge on any atom is -0.460 e. The Bertz CT molecular complexity index is 319. The zero-order valence-electron chi connectivity index (χ0n) is 14.1. The normalized spacial score (nSPS) is 15.3. The molecule has 19 heavy (non-hydrogen) atoms. The predicted molar refractivity (Wildman–Crippen MR) is 82.1 cm³/mol. The van der Waals surface area contributed by atoms with Crippen molar-refractivity contribution in [3.05, 3.63) is 11.6 Å². The first-order chi connectivity index (χ1) is 8.50. The average molecular weight is 268 g/mol. The van der Waals surface area contributed by atoms with Gasteiger partial charge in [0.25, 0.3) is 0 Å². The Kier molecular flexibility index (Phi) is 6.82. The highest BCUT2D eigenvalue weighted by Crippen LogP contribution is 2.30. The van der Waals surface area contributed by atoms with Crippen molar-refractivity contribution in [3.63, 3.8) is 0 Å². The van der Waals surface area contributed by atoms with Gasteiger partial charge in [-0.05, 0) is 51.9 Å². The number of rotatable bonds is 6. The van der Waals surface area contributed by atoms with Gasteiger partial charge in [0.2, 0.25) is 0 Å². The molecule has 0 aromatic heterocycles. The Labute approximate surface area is 119 Å². The van der Waals surface area contributed by atoms with E-state index in [2.05, 4.69) is 40.7 Å². The molecule has 0 amide bonds. The number of carbonyl (C=O) groups is 1. The Hall–Kier alpha value is -0.790. The summed E-state index contributed by atoms with van der Waals surface area (Å²) in [5, 5.41) is 0. The van der Waals surface area contributed by atoms with E-state index in [1.807, 2.05) is 20.8 Å². The molecule has 0 fully saturated rings. The van der Waals surface area contributed by atoms with Crippen LogP contribution in [0.25, 0.3) is 0 Å². The van der Waals surface area contributed by atoms with Crippen LogP contribution in [0.4, 0.5) is 0 Å². The summed E-state index contributed by atoms with van der Waals surface area (Å²) in [7, 11) is 0. The SMILES string of the molecule is C/C=C(/C)[C@@H](CC)CC(=O)OC(C)(C)CC(C)(C)C. The molecule has 0 radical (unpaired) electrons. The van der Waals surface area contributed by atoms with Gasteiger partial charge in [-0.1, -0.05) is 39.3 Å². The predicted octanol–water partition coefficient (Wildman–Crippen LogP) is 5.13. The Balaban J connectivity index is 4.53. The van der Waals surface area contributed by atoms with E-state index in [4.69, 9.17) is 4.74 Å². The maximum absolute atomic E-state index is 12.1. The standard InChI is InChI=1S/C17H32O2/c1-9-13(3)14(10-2)11-15(18)19-17(7,8)12-16(4,5)6/h9,14H,10-12H2,1-8H3/b13-9-/t14-/m0/s1. The Morgan fingerprint density at radius 3 is 2.11 bits per heavy atom. The molecule has 0 saturated carbocycles. The molecule has 2 heteroatoms. The van der Waals surface area contributed by atoms with E-state index in [-0.39, 0.29) is 11.4 Å². The van der Waals surface area contributed by atoms with Crippen LogP contribution >= 0.6 is 0 Å². The molecule has 0 unspecified atom stereocenters. The second-order valence-corrected chi connectivity index (χ2v) is 7.31. The fraction of sp³-hybridized carbons (Fsp3) is 0.824. The molecular formula is C17H32O2. The maximum atomic E-state index is 12.1. The van der Waals surface area contributed by atoms with E-state index in [1.165, 1.54) is 5.57 Å². The lowest BCUT2D eigenvalue weighted by Gasteiger charge is -2.32. The molecule has 0 heterocycles. The van der Waals surface area contributed by atoms with Crippen molar-refractivity contribution in [1.82, 2.24) is 0 Å². The smallest absolute Gasteiger partial charge is 0.306 e. The monoisotopic (exact) mass is 268 g/mol. The molecule has 0 rings (SSSR count). The van der Waals surface area contributed by atoms with Crippen molar-refractivity contribution < 1.29 is 9.53 Å². The highest BCUT2D eigenvalue weighted by molar-refractivity contribution is 5.70. The quantitative estimate of drug-likeness (QED) is 0.493. The van der Waals surface area contributed by atoms with E-state index in [9.17, 15) is 4.79 Å². The maximum Gasteiger partial charge on any atom is 0.306 e. The van der Waals surface area contributed by atoms with Crippen LogP contribution in [-0.2, 0) is 9.53 Å². The molecular weight excluding hydrogens is 236 g/mol. The third kappa shape index (κ3) is 8.07. The number of hydrogen-bond acceptors (Lipinski definition) is 2. The topological polar surface area (TPSA) is 26.3 Å². The number of carbonyl (C=O) groups excluding carboxylic acids is 1. The lowest BCUT2D eigenvalue weighted by Crippen LogP contribution is -2.33. The van der Waals surface area contributed by atoms with Crippen LogP contribution in [0.5, 0.6) is 0 Å². The largest absolute Gasteiger partial charge is 0.460 e. The lowest BCUT2D eigenvalue weighted by atomic mass is 9.83. The zero-order chi connectivity index (χ0) is 15.3. The molecule has 112 valence electrons. The van der Waals surface area contributed by atoms with E-state index >= 15 is 0 Å². The van der Waals surface area contributed by atoms with Gasteiger partial charge < -0.3 is 4.74 Å². The summed E-state index contributed by atoms with van der Waals surface area (Å²) in [6.07, 6.45) is 4.41. The third-order valence-corrected chi connectivity index (χ3v) is 3.35. The summed E-state index contributed by atoms with van der Waals surface area (Å²) in [6, 6.07) is 0. The van der Waals surface area contributed by atoms with Gasteiger partial charge in [0, 0.05) is 0 Å². The number of esters is 1. The van der Waals surface area contributed by atoms with Gasteiger partial charge in [-0.15, -0.1) is 0 Å². The van der Waals surface area contributed by atoms with Crippen LogP contribution in [0.3, 0.4) is 0 Å². The van der Waals surface area contributed by atoms with E-state index in [0.29, 0.717) is 12.3 Å². The first kappa shape index (κ1) is 18.2. The summed E-state index contributed by atoms with van der Waals surface area (Å²) < 4.78 is 5.67. The van der Waals surface area contributed by atoms with Crippen molar-refractivity contribution in [2.45, 2.75) is 80.3 Å². The van der Waals surface area contributed by atoms with Gasteiger partial charge in [-0.3, -0.25) is 4.79 Å². The fourth-order valence-electron chi connectivity index (χ4n) is 2.73. The molecule has 0 bridgehead atoms. The fourth-order valence-corrected chi connectivity index (χ4v) is 2.73. The molecule has 0 aliphatic rings. The van der Waals surface area contributed by atoms with Gasteiger partial charge in [-0.2, -0.15) is 0 Å². The average Bonchev–Trinajstić information content (AvgIpc) is 2.20. The summed E-state index contributed by atoms with van der Waals surface area (Å²) in [6.45, 7) is 16.7. The highest BCUT2D eigenvalue weighted by Gasteiger charge is 2.29. The molecule has 0 aliphatic heterocycles. The first-order valence-corrected chi connectivity index (χ1v) is 7.35. The summed E-state index contributed by atoms with van der Waals surface area (Å²) >= 11 is 0. The number of allylic oxidation sites excluding steroid dienone is 2. The van der Waals surface area contributed by atoms with Crippen LogP contribution in [0.1, 0.15) is 74.7 Å². The summed E-state index contributed by atoms with van der Waals surface area (Å²) in [5.41, 5.74) is 1.04. The second-order valence-electron chi connectivity index (χ2n) is 7.31. The molecule has 0 aliphatic carbocycles. The molecule has 0 spiro atoms. The van der Waals surface area contributed by atoms with Crippen molar-refractivity contribution in [3.8, 4) is 0 Å². The third-order valence-electron chi connectivity index (χ3n) is 3.35. The molecule has 0 aromatic carbocycles. The minimum atomic E-state index is -0.391. The van der Waals surface area contributed by atoms with Crippen molar-refractivity contribution in [2.24, 2.45) is 11.3 Å². The molecule has 2 nitrogen and oxygen atoms in total. The zero-order valence-corrected chi connectivity index (χ0v) is 14.1. The molecule has 0 N–H and O–H groups in total. The van der Waals surface area contributed by atoms with Crippen molar-refractivity contribution >= 4 is 5.97 Å². The van der Waals surface area contributed by atoms with E-state index in [0.717, 1.165) is 12.8 Å². The minimum absolute atomic E-state index is 0.0812. The van der Waals surface area contributed by atoms with Crippen LogP contribution in [0.2, 0.25) is 0 Å². The summed E-state index contributed by atoms with van der Waals surface area (Å²) in [5.74, 6) is 0.227. The Morgan fingerprint density at radius 2 is 1.74 bits per heavy atom. The molecule has 0 saturated heterocycles. The van der Waals surface area contributed by atoms with Gasteiger partial charge >= 0.3 is 5.97 Å². The van der Waals surface area contributed by atoms with Crippen molar-refractivity contribution in [1.29, 1.82) is 0 Å². The van der Waals surface area contributed by atoms with E-state index < -0.39 is 5.60 Å². The Morgan fingerprint density at radius 1 is 1.21 bits per heavy atom. The second kappa shape index (κ2) is 7.12. The van der Waals surface area contributed by atoms with Crippen molar-refractivity contribution in [2.75, 3.05) is 0 Å². The lowest BCUT2D eigenvalue weighted by molar-refractivity contribution is -0.159. The van der Waals surface area contributed by atoms with Crippen LogP contribution in [0.15, 0.2) is 11.6 Å². The summed E-state index contributed by atoms with van der Waals surface area (Å²) in [4.78, 5) is 12.1. The first-order valence-electron chi connectivity index (χ1n) is 7.35. The molecule has 0 aromatic rings. The van der Waals surface area contributed by atoms with Crippen LogP contribution in [0, 0.1) is 11.3 Å². The van der Waals surface area contributed by atoms with Gasteiger partial charge in [0.1, 0.15) is 5.60 Å². The van der Waals surface area contributed by atoms with E-state index in [1.54, 1.807) is 0 Å².